The molecule has 0 saturated heterocycles. The smallest absolute Gasteiger partial charge is 0.124 e. The summed E-state index contributed by atoms with van der Waals surface area (Å²) in [6.45, 7) is 0. The Morgan fingerprint density at radius 3 is 2.38 bits per heavy atom. The van der Waals surface area contributed by atoms with Crippen LogP contribution in [0.1, 0.15) is 5.56 Å². The highest BCUT2D eigenvalue weighted by Gasteiger charge is 2.04. The molecule has 3 nitrogen and oxygen atoms in total. The van der Waals surface area contributed by atoms with Crippen LogP contribution in [-0.4, -0.2) is 30.3 Å². The van der Waals surface area contributed by atoms with Crippen LogP contribution in [0.5, 0.6) is 5.75 Å². The lowest BCUT2D eigenvalue weighted by Crippen LogP contribution is -2.21. The Morgan fingerprint density at radius 1 is 1.19 bits per heavy atom. The highest BCUT2D eigenvalue weighted by Crippen LogP contribution is 2.11. The van der Waals surface area contributed by atoms with Crippen LogP contribution >= 0.6 is 0 Å². The minimum absolute atomic E-state index is 0.157. The van der Waals surface area contributed by atoms with Crippen LogP contribution < -0.4 is 10.4 Å². The summed E-state index contributed by atoms with van der Waals surface area (Å²) in [5, 5.41) is 18.8. The first-order valence-electron chi connectivity index (χ1n) is 5.05. The van der Waals surface area contributed by atoms with Crippen LogP contribution in [0.3, 0.4) is 0 Å². The van der Waals surface area contributed by atoms with Gasteiger partial charge in [-0.3, -0.25) is 0 Å². The summed E-state index contributed by atoms with van der Waals surface area (Å²) >= 11 is 0. The van der Waals surface area contributed by atoms with E-state index in [1.165, 1.54) is 0 Å². The summed E-state index contributed by atoms with van der Waals surface area (Å²) in [4.78, 5) is 1.98. The molecule has 2 N–H and O–H groups in total. The van der Waals surface area contributed by atoms with Crippen molar-refractivity contribution in [3.8, 4) is 5.75 Å². The molecule has 1 aromatic carbocycles. The number of fused-ring (bicyclic) bond motifs is 1. The molecule has 1 aliphatic rings. The number of hydrogen-bond donors (Lipinski definition) is 2. The molecule has 0 aromatic heterocycles. The van der Waals surface area contributed by atoms with E-state index in [0.717, 1.165) is 22.2 Å². The summed E-state index contributed by atoms with van der Waals surface area (Å²) in [6, 6.07) is 3.52. The molecule has 0 unspecified atom stereocenters. The maximum absolute atomic E-state index is 9.63. The topological polar surface area (TPSA) is 47.3 Å². The van der Waals surface area contributed by atoms with Gasteiger partial charge in [0.1, 0.15) is 5.75 Å². The monoisotopic (exact) mass is 214 g/mol. The molecule has 0 amide bonds. The molecule has 0 spiro atoms. The predicted octanol–water partition coefficient (Wildman–Crippen LogP) is 0.410. The van der Waals surface area contributed by atoms with E-state index >= 15 is 0 Å². The fourth-order valence-electron chi connectivity index (χ4n) is 1.78. The van der Waals surface area contributed by atoms with E-state index in [2.05, 4.69) is 0 Å². The lowest BCUT2D eigenvalue weighted by Gasteiger charge is -2.03. The maximum Gasteiger partial charge on any atom is 0.124 e. The zero-order valence-electron chi connectivity index (χ0n) is 9.36. The third kappa shape index (κ3) is 1.84. The summed E-state index contributed by atoms with van der Waals surface area (Å²) in [5.41, 5.74) is 1.65. The van der Waals surface area contributed by atoms with Crippen molar-refractivity contribution in [2.24, 2.45) is 0 Å². The second-order valence-electron chi connectivity index (χ2n) is 4.07. The second-order valence-corrected chi connectivity index (χ2v) is 4.07. The van der Waals surface area contributed by atoms with E-state index in [-0.39, 0.29) is 5.75 Å². The summed E-state index contributed by atoms with van der Waals surface area (Å²) < 4.78 is 0. The van der Waals surface area contributed by atoms with Gasteiger partial charge in [-0.25, -0.2) is 0 Å². The van der Waals surface area contributed by atoms with E-state index in [0.29, 0.717) is 5.56 Å². The van der Waals surface area contributed by atoms with Gasteiger partial charge in [0.25, 0.3) is 0 Å². The molecule has 2 rings (SSSR count). The Balaban J connectivity index is 2.60. The first-order valence-corrected chi connectivity index (χ1v) is 5.05. The van der Waals surface area contributed by atoms with Crippen molar-refractivity contribution in [1.82, 2.24) is 4.90 Å². The highest BCUT2D eigenvalue weighted by atomic mass is 16.3. The molecule has 0 aliphatic heterocycles. The molecule has 1 aliphatic carbocycles. The first-order chi connectivity index (χ1) is 7.60. The lowest BCUT2D eigenvalue weighted by molar-refractivity contribution is 0.474. The van der Waals surface area contributed by atoms with Gasteiger partial charge in [0.05, 0.1) is 0 Å². The molecule has 1 aromatic rings. The molecule has 82 valence electrons. The maximum atomic E-state index is 9.63. The summed E-state index contributed by atoms with van der Waals surface area (Å²) in [7, 11) is 3.94. The third-order valence-electron chi connectivity index (χ3n) is 2.44. The van der Waals surface area contributed by atoms with E-state index in [1.807, 2.05) is 43.4 Å². The van der Waals surface area contributed by atoms with Crippen molar-refractivity contribution in [2.45, 2.75) is 0 Å². The number of rotatable bonds is 2. The first kappa shape index (κ1) is 10.5. The summed E-state index contributed by atoms with van der Waals surface area (Å²) in [6.07, 6.45) is 7.24. The van der Waals surface area contributed by atoms with Gasteiger partial charge in [0.15, 0.2) is 0 Å². The number of aromatic hydroxyl groups is 1. The van der Waals surface area contributed by atoms with Crippen LogP contribution in [0.2, 0.25) is 0 Å². The minimum atomic E-state index is 0.157. The number of benzene rings is 1. The van der Waals surface area contributed by atoms with E-state index in [9.17, 15) is 5.11 Å². The van der Waals surface area contributed by atoms with Crippen molar-refractivity contribution in [3.05, 3.63) is 39.9 Å². The van der Waals surface area contributed by atoms with Crippen LogP contribution in [0, 0.1) is 5.41 Å². The van der Waals surface area contributed by atoms with Gasteiger partial charge in [0, 0.05) is 32.1 Å². The molecule has 0 bridgehead atoms. The summed E-state index contributed by atoms with van der Waals surface area (Å²) in [5.74, 6) is 0.157. The van der Waals surface area contributed by atoms with Gasteiger partial charge in [0.2, 0.25) is 0 Å². The number of phenols is 1. The molecular formula is C13H14N2O. The van der Waals surface area contributed by atoms with Crippen molar-refractivity contribution in [3.63, 3.8) is 0 Å². The SMILES string of the molecule is CN(C)/C=C1/C=c2cc(O)c(C=N)cc2=C1. The molecule has 3 heteroatoms. The molecule has 0 heterocycles. The predicted molar refractivity (Wildman–Crippen MR) is 65.9 cm³/mol. The third-order valence-corrected chi connectivity index (χ3v) is 2.44. The van der Waals surface area contributed by atoms with E-state index < -0.39 is 0 Å². The molecule has 0 fully saturated rings. The van der Waals surface area contributed by atoms with Gasteiger partial charge >= 0.3 is 0 Å². The van der Waals surface area contributed by atoms with Gasteiger partial charge in [-0.05, 0) is 40.3 Å². The minimum Gasteiger partial charge on any atom is -0.507 e. The zero-order chi connectivity index (χ0) is 11.7. The lowest BCUT2D eigenvalue weighted by atomic mass is 10.1. The Bertz CT molecular complexity index is 583. The van der Waals surface area contributed by atoms with Crippen molar-refractivity contribution >= 4 is 18.4 Å². The van der Waals surface area contributed by atoms with Crippen molar-refractivity contribution in [1.29, 1.82) is 5.41 Å². The average molecular weight is 214 g/mol. The van der Waals surface area contributed by atoms with Crippen LogP contribution in [0.25, 0.3) is 12.2 Å². The molecular weight excluding hydrogens is 200 g/mol. The quantitative estimate of drug-likeness (QED) is 0.700. The van der Waals surface area contributed by atoms with Gasteiger partial charge in [-0.1, -0.05) is 0 Å². The highest BCUT2D eigenvalue weighted by molar-refractivity contribution is 5.82. The Morgan fingerprint density at radius 2 is 1.81 bits per heavy atom. The van der Waals surface area contributed by atoms with Crippen LogP contribution in [0.4, 0.5) is 0 Å². The second kappa shape index (κ2) is 3.85. The number of hydrogen-bond acceptors (Lipinski definition) is 3. The van der Waals surface area contributed by atoms with Gasteiger partial charge < -0.3 is 15.4 Å². The van der Waals surface area contributed by atoms with Crippen molar-refractivity contribution < 1.29 is 5.11 Å². The molecule has 0 atom stereocenters. The zero-order valence-corrected chi connectivity index (χ0v) is 9.36. The molecule has 16 heavy (non-hydrogen) atoms. The number of phenolic OH excluding ortho intramolecular Hbond substituents is 1. The molecule has 0 radical (unpaired) electrons. The van der Waals surface area contributed by atoms with E-state index in [4.69, 9.17) is 5.41 Å². The molecule has 0 saturated carbocycles. The Hall–Kier alpha value is -2.03. The van der Waals surface area contributed by atoms with Gasteiger partial charge in [-0.2, -0.15) is 0 Å². The Kier molecular flexibility index (Phi) is 2.52. The van der Waals surface area contributed by atoms with E-state index in [1.54, 1.807) is 6.07 Å². The fourth-order valence-corrected chi connectivity index (χ4v) is 1.78. The normalized spacial score (nSPS) is 15.2. The number of nitrogens with one attached hydrogen (secondary N) is 1. The van der Waals surface area contributed by atoms with Crippen LogP contribution in [-0.2, 0) is 0 Å². The fraction of sp³-hybridized carbons (Fsp3) is 0.154. The number of allylic oxidation sites excluding steroid dienone is 1. The number of nitrogens with zero attached hydrogens (tertiary/aromatic N) is 1. The Labute approximate surface area is 94.2 Å². The largest absolute Gasteiger partial charge is 0.507 e. The van der Waals surface area contributed by atoms with Crippen LogP contribution in [0.15, 0.2) is 23.9 Å². The standard InChI is InChI=1S/C13H14N2O/c1-15(2)8-9-3-10-5-12(7-14)13(16)6-11(10)4-9/h3-8,14,16H,1-2H3/b9-8+,14-7?. The van der Waals surface area contributed by atoms with Crippen molar-refractivity contribution in [2.75, 3.05) is 14.1 Å². The van der Waals surface area contributed by atoms with Gasteiger partial charge in [-0.15, -0.1) is 0 Å². The average Bonchev–Trinajstić information content (AvgIpc) is 2.56.